The van der Waals surface area contributed by atoms with Gasteiger partial charge >= 0.3 is 6.09 Å². The van der Waals surface area contributed by atoms with E-state index in [-0.39, 0.29) is 23.3 Å². The minimum absolute atomic E-state index is 0.0561. The van der Waals surface area contributed by atoms with Crippen molar-refractivity contribution >= 4 is 17.8 Å². The number of ketones is 1. The Morgan fingerprint density at radius 3 is 2.60 bits per heavy atom. The molecule has 1 unspecified atom stereocenters. The van der Waals surface area contributed by atoms with E-state index in [0.717, 1.165) is 0 Å². The van der Waals surface area contributed by atoms with Crippen LogP contribution < -0.4 is 5.32 Å². The highest BCUT2D eigenvalue weighted by molar-refractivity contribution is 6.10. The van der Waals surface area contributed by atoms with E-state index < -0.39 is 17.7 Å². The number of hydrogen-bond donors (Lipinski definition) is 1. The predicted molar refractivity (Wildman–Crippen MR) is 71.7 cm³/mol. The third kappa shape index (κ3) is 2.69. The van der Waals surface area contributed by atoms with Crippen LogP contribution in [0.5, 0.6) is 0 Å². The minimum atomic E-state index is -0.634. The Balaban J connectivity index is 2.04. The molecule has 0 radical (unpaired) electrons. The van der Waals surface area contributed by atoms with Crippen molar-refractivity contribution in [2.45, 2.75) is 45.3 Å². The van der Waals surface area contributed by atoms with Crippen molar-refractivity contribution in [3.05, 3.63) is 12.3 Å². The van der Waals surface area contributed by atoms with Gasteiger partial charge in [0, 0.05) is 12.5 Å². The molecule has 6 nitrogen and oxygen atoms in total. The molecule has 110 valence electrons. The molecule has 2 aliphatic heterocycles. The molecule has 1 N–H and O–H groups in total. The number of likely N-dealkylation sites (tertiary alicyclic amines) is 1. The van der Waals surface area contributed by atoms with Crippen LogP contribution in [0.4, 0.5) is 4.79 Å². The average Bonchev–Trinajstić information content (AvgIpc) is 2.71. The van der Waals surface area contributed by atoms with E-state index in [1.807, 2.05) is 0 Å². The third-order valence-corrected chi connectivity index (χ3v) is 3.45. The molecule has 2 aliphatic rings. The molecule has 0 aromatic rings. The maximum Gasteiger partial charge on any atom is 0.415 e. The van der Waals surface area contributed by atoms with E-state index in [1.54, 1.807) is 20.8 Å². The van der Waals surface area contributed by atoms with Gasteiger partial charge in [-0.25, -0.2) is 4.79 Å². The summed E-state index contributed by atoms with van der Waals surface area (Å²) in [5.41, 5.74) is -0.492. The Morgan fingerprint density at radius 2 is 2.10 bits per heavy atom. The topological polar surface area (TPSA) is 75.7 Å². The molecule has 2 amide bonds. The molecule has 2 saturated heterocycles. The molecule has 2 atom stereocenters. The number of carbonyl (C=O) groups excluding carboxylic acids is 3. The van der Waals surface area contributed by atoms with Crippen LogP contribution in [0.2, 0.25) is 0 Å². The predicted octanol–water partition coefficient (Wildman–Crippen LogP) is 1.21. The molecule has 0 bridgehead atoms. The third-order valence-electron chi connectivity index (χ3n) is 3.45. The van der Waals surface area contributed by atoms with E-state index in [9.17, 15) is 14.4 Å². The second-order valence-corrected chi connectivity index (χ2v) is 6.19. The second kappa shape index (κ2) is 4.92. The van der Waals surface area contributed by atoms with Crippen LogP contribution in [-0.2, 0) is 14.3 Å². The molecule has 2 fully saturated rings. The van der Waals surface area contributed by atoms with Crippen molar-refractivity contribution in [1.82, 2.24) is 10.2 Å². The van der Waals surface area contributed by atoms with Gasteiger partial charge < -0.3 is 10.1 Å². The van der Waals surface area contributed by atoms with Crippen LogP contribution in [-0.4, -0.2) is 40.9 Å². The summed E-state index contributed by atoms with van der Waals surface area (Å²) in [6.45, 7) is 9.49. The molecule has 0 aliphatic carbocycles. The van der Waals surface area contributed by atoms with Crippen LogP contribution in [0, 0.1) is 5.92 Å². The van der Waals surface area contributed by atoms with Gasteiger partial charge in [-0.3, -0.25) is 14.5 Å². The Labute approximate surface area is 118 Å². The number of nitrogens with one attached hydrogen (secondary N) is 1. The summed E-state index contributed by atoms with van der Waals surface area (Å²) < 4.78 is 5.26. The van der Waals surface area contributed by atoms with Crippen molar-refractivity contribution in [3.63, 3.8) is 0 Å². The van der Waals surface area contributed by atoms with Crippen molar-refractivity contribution in [2.24, 2.45) is 5.92 Å². The van der Waals surface area contributed by atoms with E-state index in [0.29, 0.717) is 19.4 Å². The zero-order valence-corrected chi connectivity index (χ0v) is 12.1. The quantitative estimate of drug-likeness (QED) is 0.772. The largest absolute Gasteiger partial charge is 0.443 e. The Bertz CT molecular complexity index is 478. The fourth-order valence-corrected chi connectivity index (χ4v) is 2.45. The van der Waals surface area contributed by atoms with E-state index in [4.69, 9.17) is 4.74 Å². The molecule has 6 heteroatoms. The van der Waals surface area contributed by atoms with E-state index in [2.05, 4.69) is 11.9 Å². The first-order chi connectivity index (χ1) is 9.20. The SMILES string of the molecule is C=C1C(=O)[C@H](CC2CCNC2=O)N1C(=O)OC(C)(C)C. The molecule has 0 spiro atoms. The number of rotatable bonds is 2. The smallest absolute Gasteiger partial charge is 0.415 e. The van der Waals surface area contributed by atoms with Crippen LogP contribution >= 0.6 is 0 Å². The Morgan fingerprint density at radius 1 is 1.45 bits per heavy atom. The van der Waals surface area contributed by atoms with Gasteiger partial charge in [-0.15, -0.1) is 0 Å². The fraction of sp³-hybridized carbons (Fsp3) is 0.643. The molecular formula is C14H20N2O4. The second-order valence-electron chi connectivity index (χ2n) is 6.19. The summed E-state index contributed by atoms with van der Waals surface area (Å²) in [5, 5.41) is 2.72. The molecule has 20 heavy (non-hydrogen) atoms. The summed E-state index contributed by atoms with van der Waals surface area (Å²) in [5.74, 6) is -0.461. The highest BCUT2D eigenvalue weighted by Crippen LogP contribution is 2.32. The molecular weight excluding hydrogens is 260 g/mol. The van der Waals surface area contributed by atoms with Crippen molar-refractivity contribution in [1.29, 1.82) is 0 Å². The lowest BCUT2D eigenvalue weighted by atomic mass is 9.88. The normalized spacial score (nSPS) is 26.4. The summed E-state index contributed by atoms with van der Waals surface area (Å²) in [4.78, 5) is 36.7. The number of Topliss-reactive ketones (excluding diaryl/α,β-unsaturated/α-hetero) is 1. The van der Waals surface area contributed by atoms with Gasteiger partial charge in [0.15, 0.2) is 0 Å². The Hall–Kier alpha value is -1.85. The lowest BCUT2D eigenvalue weighted by Gasteiger charge is -2.41. The lowest BCUT2D eigenvalue weighted by Crippen LogP contribution is -2.58. The highest BCUT2D eigenvalue weighted by Gasteiger charge is 2.48. The van der Waals surface area contributed by atoms with Gasteiger partial charge in [-0.2, -0.15) is 0 Å². The van der Waals surface area contributed by atoms with Gasteiger partial charge in [0.1, 0.15) is 11.6 Å². The first-order valence-electron chi connectivity index (χ1n) is 6.74. The van der Waals surface area contributed by atoms with Gasteiger partial charge in [0.2, 0.25) is 11.7 Å². The zero-order valence-electron chi connectivity index (χ0n) is 12.1. The first kappa shape index (κ1) is 14.6. The maximum absolute atomic E-state index is 12.1. The molecule has 0 aromatic heterocycles. The summed E-state index contributed by atoms with van der Waals surface area (Å²) in [7, 11) is 0. The van der Waals surface area contributed by atoms with Gasteiger partial charge in [0.05, 0.1) is 5.70 Å². The number of hydrogen-bond acceptors (Lipinski definition) is 4. The standard InChI is InChI=1S/C14H20N2O4/c1-8-11(17)10(7-9-5-6-15-12(9)18)16(8)13(19)20-14(2,3)4/h9-10H,1,5-7H2,2-4H3,(H,15,18)/t9?,10-/m0/s1. The van der Waals surface area contributed by atoms with E-state index >= 15 is 0 Å². The summed E-state index contributed by atoms with van der Waals surface area (Å²) in [6.07, 6.45) is 0.450. The number of amides is 2. The summed E-state index contributed by atoms with van der Waals surface area (Å²) in [6, 6.07) is -0.619. The zero-order chi connectivity index (χ0) is 15.1. The first-order valence-corrected chi connectivity index (χ1v) is 6.74. The van der Waals surface area contributed by atoms with Crippen molar-refractivity contribution in [2.75, 3.05) is 6.54 Å². The van der Waals surface area contributed by atoms with Crippen LogP contribution in [0.1, 0.15) is 33.6 Å². The summed E-state index contributed by atoms with van der Waals surface area (Å²) >= 11 is 0. The van der Waals surface area contributed by atoms with E-state index in [1.165, 1.54) is 4.90 Å². The Kier molecular flexibility index (Phi) is 3.58. The number of ether oxygens (including phenoxy) is 1. The minimum Gasteiger partial charge on any atom is -0.443 e. The van der Waals surface area contributed by atoms with Crippen LogP contribution in [0.15, 0.2) is 12.3 Å². The molecule has 0 saturated carbocycles. The molecule has 2 heterocycles. The van der Waals surface area contributed by atoms with Crippen LogP contribution in [0.25, 0.3) is 0 Å². The lowest BCUT2D eigenvalue weighted by molar-refractivity contribution is -0.131. The van der Waals surface area contributed by atoms with Gasteiger partial charge in [-0.05, 0) is 33.6 Å². The number of nitrogens with zero attached hydrogens (tertiary/aromatic N) is 1. The number of carbonyl (C=O) groups is 3. The maximum atomic E-state index is 12.1. The monoisotopic (exact) mass is 280 g/mol. The molecule has 2 rings (SSSR count). The average molecular weight is 280 g/mol. The van der Waals surface area contributed by atoms with Gasteiger partial charge in [-0.1, -0.05) is 6.58 Å². The van der Waals surface area contributed by atoms with Crippen molar-refractivity contribution in [3.8, 4) is 0 Å². The molecule has 0 aromatic carbocycles. The van der Waals surface area contributed by atoms with Crippen molar-refractivity contribution < 1.29 is 19.1 Å². The van der Waals surface area contributed by atoms with Gasteiger partial charge in [0.25, 0.3) is 0 Å². The fourth-order valence-electron chi connectivity index (χ4n) is 2.45. The van der Waals surface area contributed by atoms with Crippen LogP contribution in [0.3, 0.4) is 0 Å². The highest BCUT2D eigenvalue weighted by atomic mass is 16.6.